The van der Waals surface area contributed by atoms with Crippen molar-refractivity contribution >= 4 is 28.9 Å². The molecule has 0 bridgehead atoms. The number of aliphatic imine (C=N–C) groups is 1. The summed E-state index contributed by atoms with van der Waals surface area (Å²) in [5.41, 5.74) is 0.292. The Labute approximate surface area is 143 Å². The molecule has 5 nitrogen and oxygen atoms in total. The van der Waals surface area contributed by atoms with Gasteiger partial charge in [0, 0.05) is 37.8 Å². The van der Waals surface area contributed by atoms with Crippen molar-refractivity contribution in [2.24, 2.45) is 4.99 Å². The average Bonchev–Trinajstić information content (AvgIpc) is 3.36. The van der Waals surface area contributed by atoms with E-state index in [1.165, 1.54) is 48.9 Å². The van der Waals surface area contributed by atoms with Crippen LogP contribution in [-0.4, -0.2) is 58.2 Å². The molecule has 1 saturated heterocycles. The number of phenols is 1. The van der Waals surface area contributed by atoms with Crippen molar-refractivity contribution < 1.29 is 14.3 Å². The van der Waals surface area contributed by atoms with Crippen LogP contribution in [0.2, 0.25) is 0 Å². The highest BCUT2D eigenvalue weighted by Crippen LogP contribution is 2.33. The smallest absolute Gasteiger partial charge is 0.286 e. The van der Waals surface area contributed by atoms with Gasteiger partial charge in [-0.15, -0.1) is 0 Å². The number of hydrogen-bond acceptors (Lipinski definition) is 5. The van der Waals surface area contributed by atoms with Crippen LogP contribution in [0.15, 0.2) is 28.1 Å². The number of thioether (sulfide) groups is 1. The molecule has 3 aliphatic rings. The largest absolute Gasteiger partial charge is 0.507 e. The molecule has 1 saturated carbocycles. The van der Waals surface area contributed by atoms with Crippen molar-refractivity contribution in [3.63, 3.8) is 0 Å². The third-order valence-corrected chi connectivity index (χ3v) is 5.58. The molecule has 24 heavy (non-hydrogen) atoms. The van der Waals surface area contributed by atoms with Crippen molar-refractivity contribution in [2.75, 3.05) is 26.2 Å². The maximum atomic E-state index is 13.3. The van der Waals surface area contributed by atoms with Gasteiger partial charge in [0.1, 0.15) is 11.6 Å². The first-order valence-electron chi connectivity index (χ1n) is 8.10. The third kappa shape index (κ3) is 3.18. The van der Waals surface area contributed by atoms with Crippen LogP contribution in [0.25, 0.3) is 6.08 Å². The molecule has 2 fully saturated rings. The monoisotopic (exact) mass is 347 g/mol. The minimum Gasteiger partial charge on any atom is -0.507 e. The zero-order chi connectivity index (χ0) is 16.7. The second-order valence-corrected chi connectivity index (χ2v) is 7.28. The number of halogens is 1. The zero-order valence-corrected chi connectivity index (χ0v) is 13.9. The molecular formula is C17H18FN3O2S. The molecule has 1 aliphatic carbocycles. The summed E-state index contributed by atoms with van der Waals surface area (Å²) in [6.45, 7) is 3.74. The molecule has 2 heterocycles. The summed E-state index contributed by atoms with van der Waals surface area (Å²) >= 11 is 1.30. The van der Waals surface area contributed by atoms with Gasteiger partial charge in [0.05, 0.1) is 4.91 Å². The van der Waals surface area contributed by atoms with E-state index in [1.54, 1.807) is 0 Å². The fourth-order valence-electron chi connectivity index (χ4n) is 3.03. The second-order valence-electron chi connectivity index (χ2n) is 6.27. The SMILES string of the molecule is O=C1N=C(N2CCN(C3CC3)CC2)SC1=Cc1cc(F)ccc1O. The van der Waals surface area contributed by atoms with Crippen LogP contribution >= 0.6 is 11.8 Å². The highest BCUT2D eigenvalue weighted by Gasteiger charge is 2.33. The van der Waals surface area contributed by atoms with Gasteiger partial charge in [0.2, 0.25) is 0 Å². The van der Waals surface area contributed by atoms with E-state index < -0.39 is 5.82 Å². The van der Waals surface area contributed by atoms with E-state index in [0.717, 1.165) is 32.2 Å². The molecule has 1 amide bonds. The maximum absolute atomic E-state index is 13.3. The predicted molar refractivity (Wildman–Crippen MR) is 92.2 cm³/mol. The lowest BCUT2D eigenvalue weighted by Crippen LogP contribution is -2.48. The topological polar surface area (TPSA) is 56.1 Å². The summed E-state index contributed by atoms with van der Waals surface area (Å²) in [4.78, 5) is 21.3. The number of phenolic OH excluding ortho intramolecular Hbond substituents is 1. The van der Waals surface area contributed by atoms with E-state index in [4.69, 9.17) is 0 Å². The van der Waals surface area contributed by atoms with Crippen LogP contribution in [0.3, 0.4) is 0 Å². The van der Waals surface area contributed by atoms with Gasteiger partial charge in [-0.05, 0) is 48.9 Å². The molecule has 0 spiro atoms. The molecule has 126 valence electrons. The Morgan fingerprint density at radius 1 is 1.25 bits per heavy atom. The average molecular weight is 347 g/mol. The van der Waals surface area contributed by atoms with E-state index in [0.29, 0.717) is 15.6 Å². The maximum Gasteiger partial charge on any atom is 0.286 e. The number of benzene rings is 1. The van der Waals surface area contributed by atoms with Gasteiger partial charge in [-0.25, -0.2) is 4.39 Å². The van der Waals surface area contributed by atoms with Crippen molar-refractivity contribution in [1.29, 1.82) is 0 Å². The normalized spacial score (nSPS) is 23.9. The Hall–Kier alpha value is -1.86. The number of aromatic hydroxyl groups is 1. The molecule has 0 unspecified atom stereocenters. The molecule has 1 N–H and O–H groups in total. The van der Waals surface area contributed by atoms with Crippen molar-refractivity contribution in [1.82, 2.24) is 9.80 Å². The molecule has 4 rings (SSSR count). The molecule has 1 aromatic carbocycles. The van der Waals surface area contributed by atoms with Gasteiger partial charge < -0.3 is 10.0 Å². The van der Waals surface area contributed by atoms with E-state index >= 15 is 0 Å². The van der Waals surface area contributed by atoms with Gasteiger partial charge in [-0.3, -0.25) is 9.69 Å². The fourth-order valence-corrected chi connectivity index (χ4v) is 3.99. The number of hydrogen-bond donors (Lipinski definition) is 1. The summed E-state index contributed by atoms with van der Waals surface area (Å²) in [5, 5.41) is 10.5. The lowest BCUT2D eigenvalue weighted by Gasteiger charge is -2.35. The Bertz CT molecular complexity index is 737. The van der Waals surface area contributed by atoms with Gasteiger partial charge >= 0.3 is 0 Å². The fraction of sp³-hybridized carbons (Fsp3) is 0.412. The molecule has 0 atom stereocenters. The first kappa shape index (κ1) is 15.7. The third-order valence-electron chi connectivity index (χ3n) is 4.53. The van der Waals surface area contributed by atoms with Crippen molar-refractivity contribution in [2.45, 2.75) is 18.9 Å². The van der Waals surface area contributed by atoms with Gasteiger partial charge in [0.25, 0.3) is 5.91 Å². The number of rotatable bonds is 2. The Kier molecular flexibility index (Phi) is 4.05. The number of nitrogens with zero attached hydrogens (tertiary/aromatic N) is 3. The molecule has 1 aromatic rings. The lowest BCUT2D eigenvalue weighted by atomic mass is 10.2. The van der Waals surface area contributed by atoms with Gasteiger partial charge in [-0.2, -0.15) is 4.99 Å². The first-order valence-corrected chi connectivity index (χ1v) is 8.92. The van der Waals surface area contributed by atoms with Crippen LogP contribution in [-0.2, 0) is 4.79 Å². The highest BCUT2D eigenvalue weighted by atomic mass is 32.2. The summed E-state index contributed by atoms with van der Waals surface area (Å²) < 4.78 is 13.3. The van der Waals surface area contributed by atoms with Gasteiger partial charge in [0.15, 0.2) is 5.17 Å². The van der Waals surface area contributed by atoms with Crippen LogP contribution < -0.4 is 0 Å². The molecule has 7 heteroatoms. The number of piperazine rings is 1. The summed E-state index contributed by atoms with van der Waals surface area (Å²) in [6.07, 6.45) is 4.11. The second kappa shape index (κ2) is 6.22. The number of amidine groups is 1. The quantitative estimate of drug-likeness (QED) is 0.832. The molecule has 0 radical (unpaired) electrons. The summed E-state index contributed by atoms with van der Waals surface area (Å²) in [7, 11) is 0. The van der Waals surface area contributed by atoms with E-state index in [2.05, 4.69) is 14.8 Å². The number of carbonyl (C=O) groups excluding carboxylic acids is 1. The number of carbonyl (C=O) groups is 1. The van der Waals surface area contributed by atoms with Crippen LogP contribution in [0.4, 0.5) is 4.39 Å². The summed E-state index contributed by atoms with van der Waals surface area (Å²) in [6, 6.07) is 4.44. The standard InChI is InChI=1S/C17H18FN3O2S/c18-12-1-4-14(22)11(9-12)10-15-16(23)19-17(24-15)21-7-5-20(6-8-21)13-2-3-13/h1,4,9-10,13,22H,2-3,5-8H2. The molecule has 2 aliphatic heterocycles. The predicted octanol–water partition coefficient (Wildman–Crippen LogP) is 2.28. The van der Waals surface area contributed by atoms with E-state index in [1.807, 2.05) is 0 Å². The van der Waals surface area contributed by atoms with E-state index in [9.17, 15) is 14.3 Å². The minimum atomic E-state index is -0.451. The molecule has 0 aromatic heterocycles. The summed E-state index contributed by atoms with van der Waals surface area (Å²) in [5.74, 6) is -0.834. The number of amides is 1. The van der Waals surface area contributed by atoms with Gasteiger partial charge in [-0.1, -0.05) is 0 Å². The van der Waals surface area contributed by atoms with Crippen LogP contribution in [0.1, 0.15) is 18.4 Å². The van der Waals surface area contributed by atoms with Crippen molar-refractivity contribution in [3.8, 4) is 5.75 Å². The Morgan fingerprint density at radius 2 is 2.00 bits per heavy atom. The van der Waals surface area contributed by atoms with Crippen LogP contribution in [0.5, 0.6) is 5.75 Å². The Balaban J connectivity index is 1.45. The first-order chi connectivity index (χ1) is 11.6. The Morgan fingerprint density at radius 3 is 2.71 bits per heavy atom. The minimum absolute atomic E-state index is 0.0520. The molecular weight excluding hydrogens is 329 g/mol. The van der Waals surface area contributed by atoms with E-state index in [-0.39, 0.29) is 11.7 Å². The van der Waals surface area contributed by atoms with Crippen molar-refractivity contribution in [3.05, 3.63) is 34.5 Å². The highest BCUT2D eigenvalue weighted by molar-refractivity contribution is 8.18. The lowest BCUT2D eigenvalue weighted by molar-refractivity contribution is -0.113. The zero-order valence-electron chi connectivity index (χ0n) is 13.1. The van der Waals surface area contributed by atoms with Crippen LogP contribution in [0, 0.1) is 5.82 Å².